The van der Waals surface area contributed by atoms with Crippen LogP contribution in [0.15, 0.2) is 27.6 Å². The summed E-state index contributed by atoms with van der Waals surface area (Å²) >= 11 is 0. The Morgan fingerprint density at radius 1 is 1.35 bits per heavy atom. The highest BCUT2D eigenvalue weighted by Crippen LogP contribution is 2.25. The van der Waals surface area contributed by atoms with E-state index in [1.165, 1.54) is 12.1 Å². The molecule has 0 saturated carbocycles. The molecule has 142 valence electrons. The SMILES string of the molecule is CN=C(NCc1oc2ccc(F)cc2c1C)NC1CCN(C(C)C)CC1. The van der Waals surface area contributed by atoms with Crippen molar-refractivity contribution in [2.24, 2.45) is 4.99 Å². The summed E-state index contributed by atoms with van der Waals surface area (Å²) < 4.78 is 19.3. The second-order valence-electron chi connectivity index (χ2n) is 7.26. The largest absolute Gasteiger partial charge is 0.459 e. The third-order valence-electron chi connectivity index (χ3n) is 5.24. The first-order valence-electron chi connectivity index (χ1n) is 9.36. The number of piperidine rings is 1. The summed E-state index contributed by atoms with van der Waals surface area (Å²) in [5.74, 6) is 1.34. The number of nitrogens with one attached hydrogen (secondary N) is 2. The molecular formula is C20H29FN4O. The van der Waals surface area contributed by atoms with Gasteiger partial charge in [-0.25, -0.2) is 4.39 Å². The molecule has 0 atom stereocenters. The molecule has 0 radical (unpaired) electrons. The van der Waals surface area contributed by atoms with E-state index in [1.807, 2.05) is 6.92 Å². The van der Waals surface area contributed by atoms with Gasteiger partial charge in [0.05, 0.1) is 6.54 Å². The molecule has 5 nitrogen and oxygen atoms in total. The summed E-state index contributed by atoms with van der Waals surface area (Å²) in [7, 11) is 1.78. The van der Waals surface area contributed by atoms with Gasteiger partial charge >= 0.3 is 0 Å². The number of benzene rings is 1. The average molecular weight is 360 g/mol. The van der Waals surface area contributed by atoms with Gasteiger partial charge in [0.1, 0.15) is 17.2 Å². The molecule has 1 aliphatic rings. The van der Waals surface area contributed by atoms with Gasteiger partial charge in [-0.3, -0.25) is 4.99 Å². The van der Waals surface area contributed by atoms with Crippen LogP contribution in [0.5, 0.6) is 0 Å². The van der Waals surface area contributed by atoms with Crippen molar-refractivity contribution < 1.29 is 8.81 Å². The topological polar surface area (TPSA) is 52.8 Å². The van der Waals surface area contributed by atoms with Gasteiger partial charge in [0.15, 0.2) is 5.96 Å². The first-order valence-corrected chi connectivity index (χ1v) is 9.36. The van der Waals surface area contributed by atoms with E-state index >= 15 is 0 Å². The second-order valence-corrected chi connectivity index (χ2v) is 7.26. The van der Waals surface area contributed by atoms with Crippen molar-refractivity contribution in [1.29, 1.82) is 0 Å². The van der Waals surface area contributed by atoms with Gasteiger partial charge in [-0.15, -0.1) is 0 Å². The molecule has 0 spiro atoms. The molecule has 1 saturated heterocycles. The third-order valence-corrected chi connectivity index (χ3v) is 5.24. The highest BCUT2D eigenvalue weighted by Gasteiger charge is 2.21. The number of guanidine groups is 1. The second kappa shape index (κ2) is 8.08. The number of fused-ring (bicyclic) bond motifs is 1. The number of aryl methyl sites for hydroxylation is 1. The van der Waals surface area contributed by atoms with E-state index in [0.717, 1.165) is 48.6 Å². The summed E-state index contributed by atoms with van der Waals surface area (Å²) in [5, 5.41) is 7.65. The standard InChI is InChI=1S/C20H29FN4O/c1-13(2)25-9-7-16(8-10-25)24-20(22-4)23-12-19-14(3)17-11-15(21)5-6-18(17)26-19/h5-6,11,13,16H,7-10,12H2,1-4H3,(H2,22,23,24). The van der Waals surface area contributed by atoms with Crippen LogP contribution in [0.4, 0.5) is 4.39 Å². The van der Waals surface area contributed by atoms with Gasteiger partial charge in [-0.05, 0) is 51.8 Å². The molecular weight excluding hydrogens is 331 g/mol. The smallest absolute Gasteiger partial charge is 0.191 e. The summed E-state index contributed by atoms with van der Waals surface area (Å²) in [6.45, 7) is 9.19. The van der Waals surface area contributed by atoms with Crippen LogP contribution in [-0.2, 0) is 6.54 Å². The zero-order valence-electron chi connectivity index (χ0n) is 16.1. The van der Waals surface area contributed by atoms with E-state index in [9.17, 15) is 4.39 Å². The molecule has 2 N–H and O–H groups in total. The lowest BCUT2D eigenvalue weighted by Gasteiger charge is -2.35. The van der Waals surface area contributed by atoms with Crippen LogP contribution in [0, 0.1) is 12.7 Å². The quantitative estimate of drug-likeness (QED) is 0.648. The van der Waals surface area contributed by atoms with Crippen LogP contribution in [0.3, 0.4) is 0 Å². The van der Waals surface area contributed by atoms with E-state index in [4.69, 9.17) is 4.42 Å². The molecule has 2 heterocycles. The number of nitrogens with zero attached hydrogens (tertiary/aromatic N) is 2. The zero-order valence-corrected chi connectivity index (χ0v) is 16.1. The van der Waals surface area contributed by atoms with Crippen molar-refractivity contribution in [2.45, 2.75) is 52.2 Å². The normalized spacial score (nSPS) is 17.2. The van der Waals surface area contributed by atoms with Crippen LogP contribution < -0.4 is 10.6 Å². The molecule has 3 rings (SSSR count). The number of furan rings is 1. The Bertz CT molecular complexity index is 775. The van der Waals surface area contributed by atoms with E-state index in [1.54, 1.807) is 13.1 Å². The molecule has 1 aromatic carbocycles. The molecule has 26 heavy (non-hydrogen) atoms. The van der Waals surface area contributed by atoms with Crippen LogP contribution in [0.25, 0.3) is 11.0 Å². The summed E-state index contributed by atoms with van der Waals surface area (Å²) in [4.78, 5) is 6.83. The van der Waals surface area contributed by atoms with Gasteiger partial charge in [0.25, 0.3) is 0 Å². The summed E-state index contributed by atoms with van der Waals surface area (Å²) in [6.07, 6.45) is 2.23. The highest BCUT2D eigenvalue weighted by atomic mass is 19.1. The number of halogens is 1. The molecule has 1 fully saturated rings. The number of hydrogen-bond acceptors (Lipinski definition) is 3. The zero-order chi connectivity index (χ0) is 18.7. The van der Waals surface area contributed by atoms with Gasteiger partial charge in [-0.1, -0.05) is 0 Å². The monoisotopic (exact) mass is 360 g/mol. The maximum Gasteiger partial charge on any atom is 0.191 e. The minimum absolute atomic E-state index is 0.244. The van der Waals surface area contributed by atoms with Crippen molar-refractivity contribution in [3.05, 3.63) is 35.3 Å². The molecule has 0 aliphatic carbocycles. The Morgan fingerprint density at radius 3 is 2.73 bits per heavy atom. The molecule has 0 bridgehead atoms. The number of likely N-dealkylation sites (tertiary alicyclic amines) is 1. The first-order chi connectivity index (χ1) is 12.5. The predicted molar refractivity (Wildman–Crippen MR) is 104 cm³/mol. The fraction of sp³-hybridized carbons (Fsp3) is 0.550. The van der Waals surface area contributed by atoms with E-state index in [0.29, 0.717) is 24.2 Å². The minimum atomic E-state index is -0.244. The molecule has 6 heteroatoms. The number of rotatable bonds is 4. The number of hydrogen-bond donors (Lipinski definition) is 2. The predicted octanol–water partition coefficient (Wildman–Crippen LogP) is 3.42. The lowest BCUT2D eigenvalue weighted by Crippen LogP contribution is -2.49. The van der Waals surface area contributed by atoms with Crippen LogP contribution >= 0.6 is 0 Å². The fourth-order valence-electron chi connectivity index (χ4n) is 3.52. The van der Waals surface area contributed by atoms with Gasteiger partial charge in [0, 0.05) is 43.2 Å². The Hall–Kier alpha value is -2.08. The average Bonchev–Trinajstić information content (AvgIpc) is 2.94. The van der Waals surface area contributed by atoms with Crippen LogP contribution in [0.2, 0.25) is 0 Å². The molecule has 1 aromatic heterocycles. The molecule has 2 aromatic rings. The maximum atomic E-state index is 13.4. The van der Waals surface area contributed by atoms with Crippen molar-refractivity contribution in [2.75, 3.05) is 20.1 Å². The Morgan fingerprint density at radius 2 is 2.08 bits per heavy atom. The lowest BCUT2D eigenvalue weighted by molar-refractivity contribution is 0.167. The lowest BCUT2D eigenvalue weighted by atomic mass is 10.0. The Balaban J connectivity index is 1.57. The fourth-order valence-corrected chi connectivity index (χ4v) is 3.52. The van der Waals surface area contributed by atoms with E-state index < -0.39 is 0 Å². The van der Waals surface area contributed by atoms with Gasteiger partial charge in [-0.2, -0.15) is 0 Å². The van der Waals surface area contributed by atoms with Crippen LogP contribution in [-0.4, -0.2) is 43.1 Å². The Kier molecular flexibility index (Phi) is 5.81. The molecule has 0 unspecified atom stereocenters. The third kappa shape index (κ3) is 4.18. The molecule has 0 amide bonds. The van der Waals surface area contributed by atoms with Gasteiger partial charge in [0.2, 0.25) is 0 Å². The molecule has 1 aliphatic heterocycles. The van der Waals surface area contributed by atoms with Gasteiger partial charge < -0.3 is 20.0 Å². The van der Waals surface area contributed by atoms with E-state index in [-0.39, 0.29) is 5.82 Å². The Labute approximate surface area is 154 Å². The first kappa shape index (κ1) is 18.7. The number of aliphatic imine (C=N–C) groups is 1. The van der Waals surface area contributed by atoms with E-state index in [2.05, 4.69) is 34.4 Å². The minimum Gasteiger partial charge on any atom is -0.459 e. The van der Waals surface area contributed by atoms with Crippen molar-refractivity contribution in [3.8, 4) is 0 Å². The van der Waals surface area contributed by atoms with Crippen molar-refractivity contribution in [3.63, 3.8) is 0 Å². The highest BCUT2D eigenvalue weighted by molar-refractivity contribution is 5.83. The van der Waals surface area contributed by atoms with Crippen LogP contribution in [0.1, 0.15) is 38.0 Å². The van der Waals surface area contributed by atoms with Crippen molar-refractivity contribution >= 4 is 16.9 Å². The maximum absolute atomic E-state index is 13.4. The van der Waals surface area contributed by atoms with Crippen molar-refractivity contribution in [1.82, 2.24) is 15.5 Å². The summed E-state index contributed by atoms with van der Waals surface area (Å²) in [5.41, 5.74) is 1.68. The summed E-state index contributed by atoms with van der Waals surface area (Å²) in [6, 6.07) is 5.66.